The van der Waals surface area contributed by atoms with Crippen molar-refractivity contribution in [1.29, 1.82) is 0 Å². The van der Waals surface area contributed by atoms with Crippen LogP contribution >= 0.6 is 7.37 Å². The normalized spacial score (nSPS) is 13.7. The Kier molecular flexibility index (Phi) is 4.68. The van der Waals surface area contributed by atoms with E-state index in [1.807, 2.05) is 0 Å². The zero-order valence-electron chi connectivity index (χ0n) is 11.4. The first-order valence-corrected chi connectivity index (χ1v) is 7.66. The van der Waals surface area contributed by atoms with E-state index in [0.717, 1.165) is 0 Å². The van der Waals surface area contributed by atoms with Crippen molar-refractivity contribution in [1.82, 2.24) is 0 Å². The minimum atomic E-state index is -5.05. The second-order valence-electron chi connectivity index (χ2n) is 4.32. The van der Waals surface area contributed by atoms with Crippen molar-refractivity contribution in [3.05, 3.63) is 65.0 Å². The summed E-state index contributed by atoms with van der Waals surface area (Å²) < 4.78 is 84.4. The van der Waals surface area contributed by atoms with Gasteiger partial charge in [0.25, 0.3) is 5.52 Å². The maximum Gasteiger partial charge on any atom is 0.306 e. The zero-order chi connectivity index (χ0) is 17.4. The highest BCUT2D eigenvalue weighted by Gasteiger charge is 2.43. The highest BCUT2D eigenvalue weighted by atomic mass is 31.2. The van der Waals surface area contributed by atoms with Crippen LogP contribution in [-0.4, -0.2) is 12.6 Å². The maximum atomic E-state index is 13.8. The second kappa shape index (κ2) is 6.22. The molecule has 3 nitrogen and oxygen atoms in total. The molecular weight excluding hydrogens is 342 g/mol. The summed E-state index contributed by atoms with van der Waals surface area (Å²) >= 11 is 0. The smallest absolute Gasteiger partial charge is 0.306 e. The topological polar surface area (TPSA) is 43.4 Å². The van der Waals surface area contributed by atoms with E-state index in [1.165, 1.54) is 30.3 Å². The summed E-state index contributed by atoms with van der Waals surface area (Å²) in [6.07, 6.45) is 0. The van der Waals surface area contributed by atoms with Crippen molar-refractivity contribution < 1.29 is 35.8 Å². The van der Waals surface area contributed by atoms with Crippen LogP contribution in [0, 0.1) is 29.1 Å². The van der Waals surface area contributed by atoms with E-state index in [4.69, 9.17) is 0 Å². The monoisotopic (exact) mass is 350 g/mol. The summed E-state index contributed by atoms with van der Waals surface area (Å²) in [5.41, 5.74) is -1.65. The Hall–Kier alpha value is -2.05. The standard InChI is InChI=1S/C14H8F5O3P/c1-22-23(21,14(20)7-5-3-2-4-6-7)13-11(18)9(16)8(15)10(17)12(13)19/h2-6H,1H3. The molecule has 0 spiro atoms. The molecule has 2 aromatic rings. The van der Waals surface area contributed by atoms with Gasteiger partial charge in [-0.1, -0.05) is 30.3 Å². The molecule has 0 saturated heterocycles. The van der Waals surface area contributed by atoms with E-state index in [2.05, 4.69) is 4.52 Å². The van der Waals surface area contributed by atoms with E-state index < -0.39 is 47.3 Å². The summed E-state index contributed by atoms with van der Waals surface area (Å²) in [6.45, 7) is 0. The van der Waals surface area contributed by atoms with Gasteiger partial charge < -0.3 is 4.52 Å². The minimum Gasteiger partial charge on any atom is -0.323 e. The van der Waals surface area contributed by atoms with Crippen LogP contribution in [0.2, 0.25) is 0 Å². The molecule has 0 aromatic heterocycles. The van der Waals surface area contributed by atoms with Gasteiger partial charge in [0.2, 0.25) is 5.82 Å². The molecule has 0 aliphatic heterocycles. The molecule has 0 heterocycles. The zero-order valence-corrected chi connectivity index (χ0v) is 12.3. The Morgan fingerprint density at radius 2 is 1.30 bits per heavy atom. The molecule has 0 aliphatic rings. The maximum absolute atomic E-state index is 13.8. The van der Waals surface area contributed by atoms with Gasteiger partial charge in [-0.15, -0.1) is 0 Å². The number of carbonyl (C=O) groups excluding carboxylic acids is 1. The van der Waals surface area contributed by atoms with Crippen LogP contribution in [0.15, 0.2) is 30.3 Å². The number of benzene rings is 2. The summed E-state index contributed by atoms with van der Waals surface area (Å²) in [6, 6.07) is 6.57. The van der Waals surface area contributed by atoms with Crippen molar-refractivity contribution in [3.63, 3.8) is 0 Å². The van der Waals surface area contributed by atoms with Crippen molar-refractivity contribution >= 4 is 18.2 Å². The molecular formula is C14H8F5O3P. The van der Waals surface area contributed by atoms with Crippen molar-refractivity contribution in [3.8, 4) is 0 Å². The number of rotatable bonds is 4. The molecule has 0 N–H and O–H groups in total. The molecule has 0 fully saturated rings. The lowest BCUT2D eigenvalue weighted by molar-refractivity contribution is 0.106. The van der Waals surface area contributed by atoms with Crippen LogP contribution in [0.25, 0.3) is 0 Å². The average molecular weight is 350 g/mol. The molecule has 0 aliphatic carbocycles. The van der Waals surface area contributed by atoms with Gasteiger partial charge in [0.15, 0.2) is 23.3 Å². The Morgan fingerprint density at radius 3 is 1.74 bits per heavy atom. The van der Waals surface area contributed by atoms with Gasteiger partial charge in [0.1, 0.15) is 5.30 Å². The van der Waals surface area contributed by atoms with Crippen LogP contribution < -0.4 is 5.30 Å². The highest BCUT2D eigenvalue weighted by Crippen LogP contribution is 2.50. The first kappa shape index (κ1) is 17.3. The fourth-order valence-electron chi connectivity index (χ4n) is 1.88. The van der Waals surface area contributed by atoms with Gasteiger partial charge in [0, 0.05) is 12.7 Å². The third-order valence-corrected chi connectivity index (χ3v) is 5.31. The quantitative estimate of drug-likeness (QED) is 0.365. The second-order valence-corrected chi connectivity index (χ2v) is 6.65. The van der Waals surface area contributed by atoms with Crippen LogP contribution in [-0.2, 0) is 9.09 Å². The summed E-state index contributed by atoms with van der Waals surface area (Å²) in [5.74, 6) is -11.8. The highest BCUT2D eigenvalue weighted by molar-refractivity contribution is 7.83. The van der Waals surface area contributed by atoms with Crippen molar-refractivity contribution in [2.24, 2.45) is 0 Å². The summed E-state index contributed by atoms with van der Waals surface area (Å²) in [4.78, 5) is 12.2. The van der Waals surface area contributed by atoms with E-state index in [0.29, 0.717) is 7.11 Å². The predicted molar refractivity (Wildman–Crippen MR) is 71.3 cm³/mol. The fourth-order valence-corrected chi connectivity index (χ4v) is 3.63. The molecule has 0 saturated carbocycles. The minimum absolute atomic E-state index is 0.262. The number of halogens is 5. The van der Waals surface area contributed by atoms with Gasteiger partial charge in [-0.05, 0) is 0 Å². The van der Waals surface area contributed by atoms with E-state index >= 15 is 0 Å². The first-order chi connectivity index (χ1) is 10.8. The van der Waals surface area contributed by atoms with Crippen LogP contribution in [0.3, 0.4) is 0 Å². The first-order valence-electron chi connectivity index (χ1n) is 6.03. The Morgan fingerprint density at radius 1 is 0.870 bits per heavy atom. The SMILES string of the molecule is COP(=O)(C(=O)c1ccccc1)c1c(F)c(F)c(F)c(F)c1F. The molecule has 122 valence electrons. The summed E-state index contributed by atoms with van der Waals surface area (Å²) in [7, 11) is -4.37. The van der Waals surface area contributed by atoms with E-state index in [1.54, 1.807) is 0 Å². The number of carbonyl (C=O) groups is 1. The predicted octanol–water partition coefficient (Wildman–Crippen LogP) is 3.77. The van der Waals surface area contributed by atoms with Crippen molar-refractivity contribution in [2.75, 3.05) is 7.11 Å². The molecule has 2 aromatic carbocycles. The third-order valence-electron chi connectivity index (χ3n) is 3.03. The summed E-state index contributed by atoms with van der Waals surface area (Å²) in [5, 5.41) is -1.77. The fraction of sp³-hybridized carbons (Fsp3) is 0.0714. The molecule has 0 bridgehead atoms. The van der Waals surface area contributed by atoms with Gasteiger partial charge in [0.05, 0.1) is 0 Å². The molecule has 0 amide bonds. The largest absolute Gasteiger partial charge is 0.323 e. The van der Waals surface area contributed by atoms with Gasteiger partial charge in [-0.25, -0.2) is 22.0 Å². The van der Waals surface area contributed by atoms with E-state index in [-0.39, 0.29) is 5.56 Å². The number of hydrogen-bond donors (Lipinski definition) is 0. The Balaban J connectivity index is 2.76. The van der Waals surface area contributed by atoms with Crippen LogP contribution in [0.4, 0.5) is 22.0 Å². The molecule has 1 atom stereocenters. The lowest BCUT2D eigenvalue weighted by Crippen LogP contribution is -2.25. The van der Waals surface area contributed by atoms with E-state index in [9.17, 15) is 31.3 Å². The third kappa shape index (κ3) is 2.68. The molecule has 1 unspecified atom stereocenters. The van der Waals surface area contributed by atoms with Crippen molar-refractivity contribution in [2.45, 2.75) is 0 Å². The van der Waals surface area contributed by atoms with Gasteiger partial charge in [-0.3, -0.25) is 9.36 Å². The van der Waals surface area contributed by atoms with Gasteiger partial charge >= 0.3 is 7.37 Å². The molecule has 23 heavy (non-hydrogen) atoms. The lowest BCUT2D eigenvalue weighted by atomic mass is 10.2. The molecule has 0 radical (unpaired) electrons. The molecule has 2 rings (SSSR count). The molecule has 9 heteroatoms. The lowest BCUT2D eigenvalue weighted by Gasteiger charge is -2.17. The van der Waals surface area contributed by atoms with Crippen LogP contribution in [0.5, 0.6) is 0 Å². The van der Waals surface area contributed by atoms with Gasteiger partial charge in [-0.2, -0.15) is 0 Å². The average Bonchev–Trinajstić information content (AvgIpc) is 2.58. The number of hydrogen-bond acceptors (Lipinski definition) is 3. The van der Waals surface area contributed by atoms with Crippen LogP contribution in [0.1, 0.15) is 10.4 Å². The Labute approximate surface area is 127 Å². The Bertz CT molecular complexity index is 794.